The summed E-state index contributed by atoms with van der Waals surface area (Å²) >= 11 is 0. The predicted octanol–water partition coefficient (Wildman–Crippen LogP) is 5.51. The molecule has 0 atom stereocenters. The molecular formula is C25H21FN2O5. The quantitative estimate of drug-likeness (QED) is 0.279. The monoisotopic (exact) mass is 448 g/mol. The van der Waals surface area contributed by atoms with Crippen molar-refractivity contribution in [3.63, 3.8) is 0 Å². The standard InChI is InChI=1S/C25H21FN2O5/c1-32-22-15-18(23(12-13-28(30)31)24(16-22)33-2)9-6-17-7-10-21(11-8-17)27-25(29)19-4-3-5-20(26)14-19/h3-16H,1-2H3,(H,27,29)/b9-6+,13-12+. The normalized spacial score (nSPS) is 11.0. The van der Waals surface area contributed by atoms with E-state index in [1.165, 1.54) is 44.6 Å². The number of benzene rings is 3. The lowest BCUT2D eigenvalue weighted by Crippen LogP contribution is -2.11. The first-order chi connectivity index (χ1) is 15.9. The second-order valence-corrected chi connectivity index (χ2v) is 6.85. The van der Waals surface area contributed by atoms with Gasteiger partial charge in [-0.15, -0.1) is 0 Å². The number of amides is 1. The molecule has 3 rings (SSSR count). The number of methoxy groups -OCH3 is 2. The van der Waals surface area contributed by atoms with Crippen LogP contribution in [0.2, 0.25) is 0 Å². The van der Waals surface area contributed by atoms with E-state index in [0.29, 0.717) is 28.3 Å². The second kappa shape index (κ2) is 10.7. The van der Waals surface area contributed by atoms with Gasteiger partial charge in [-0.05, 0) is 47.5 Å². The summed E-state index contributed by atoms with van der Waals surface area (Å²) in [6.45, 7) is 0. The smallest absolute Gasteiger partial charge is 0.255 e. The molecule has 0 bridgehead atoms. The Morgan fingerprint density at radius 1 is 1.00 bits per heavy atom. The average Bonchev–Trinajstić information content (AvgIpc) is 2.81. The molecule has 0 aliphatic carbocycles. The highest BCUT2D eigenvalue weighted by Gasteiger charge is 2.10. The van der Waals surface area contributed by atoms with Crippen molar-refractivity contribution in [2.45, 2.75) is 0 Å². The molecule has 8 heteroatoms. The van der Waals surface area contributed by atoms with E-state index in [9.17, 15) is 19.3 Å². The van der Waals surface area contributed by atoms with Crippen LogP contribution >= 0.6 is 0 Å². The Balaban J connectivity index is 1.82. The SMILES string of the molecule is COc1cc(/C=C/c2ccc(NC(=O)c3cccc(F)c3)cc2)c(/C=C/[N+](=O)[O-])c(OC)c1. The fourth-order valence-corrected chi connectivity index (χ4v) is 3.06. The molecule has 7 nitrogen and oxygen atoms in total. The summed E-state index contributed by atoms with van der Waals surface area (Å²) in [6.07, 6.45) is 5.81. The molecule has 3 aromatic rings. The van der Waals surface area contributed by atoms with Gasteiger partial charge in [0.2, 0.25) is 6.20 Å². The van der Waals surface area contributed by atoms with Gasteiger partial charge in [-0.1, -0.05) is 30.4 Å². The van der Waals surface area contributed by atoms with Gasteiger partial charge in [0.05, 0.1) is 19.1 Å². The molecule has 33 heavy (non-hydrogen) atoms. The lowest BCUT2D eigenvalue weighted by molar-refractivity contribution is -0.400. The number of carbonyl (C=O) groups is 1. The predicted molar refractivity (Wildman–Crippen MR) is 125 cm³/mol. The Bertz CT molecular complexity index is 1220. The number of hydrogen-bond acceptors (Lipinski definition) is 5. The molecule has 0 unspecified atom stereocenters. The van der Waals surface area contributed by atoms with E-state index in [1.807, 2.05) is 6.08 Å². The average molecular weight is 448 g/mol. The molecule has 0 fully saturated rings. The van der Waals surface area contributed by atoms with Crippen molar-refractivity contribution in [3.8, 4) is 11.5 Å². The molecule has 0 saturated heterocycles. The molecule has 0 aliphatic rings. The van der Waals surface area contributed by atoms with Crippen LogP contribution < -0.4 is 14.8 Å². The van der Waals surface area contributed by atoms with E-state index in [-0.39, 0.29) is 5.56 Å². The molecule has 3 aromatic carbocycles. The molecule has 1 N–H and O–H groups in total. The minimum absolute atomic E-state index is 0.223. The highest BCUT2D eigenvalue weighted by atomic mass is 19.1. The van der Waals surface area contributed by atoms with Crippen LogP contribution in [-0.2, 0) is 0 Å². The van der Waals surface area contributed by atoms with Crippen molar-refractivity contribution in [2.24, 2.45) is 0 Å². The molecule has 0 spiro atoms. The van der Waals surface area contributed by atoms with E-state index in [1.54, 1.807) is 42.5 Å². The number of nitrogens with zero attached hydrogens (tertiary/aromatic N) is 1. The van der Waals surface area contributed by atoms with E-state index >= 15 is 0 Å². The van der Waals surface area contributed by atoms with Crippen LogP contribution in [0.5, 0.6) is 11.5 Å². The van der Waals surface area contributed by atoms with Crippen molar-refractivity contribution in [1.82, 2.24) is 0 Å². The number of ether oxygens (including phenoxy) is 2. The van der Waals surface area contributed by atoms with Gasteiger partial charge >= 0.3 is 0 Å². The van der Waals surface area contributed by atoms with Gasteiger partial charge in [-0.3, -0.25) is 14.9 Å². The van der Waals surface area contributed by atoms with Gasteiger partial charge in [-0.2, -0.15) is 0 Å². The van der Waals surface area contributed by atoms with Crippen molar-refractivity contribution in [3.05, 3.63) is 105 Å². The summed E-state index contributed by atoms with van der Waals surface area (Å²) < 4.78 is 24.0. The zero-order valence-corrected chi connectivity index (χ0v) is 17.9. The first-order valence-corrected chi connectivity index (χ1v) is 9.82. The molecular weight excluding hydrogens is 427 g/mol. The summed E-state index contributed by atoms with van der Waals surface area (Å²) in [5, 5.41) is 13.5. The van der Waals surface area contributed by atoms with Crippen LogP contribution in [0, 0.1) is 15.9 Å². The highest BCUT2D eigenvalue weighted by Crippen LogP contribution is 2.31. The largest absolute Gasteiger partial charge is 0.497 e. The highest BCUT2D eigenvalue weighted by molar-refractivity contribution is 6.04. The lowest BCUT2D eigenvalue weighted by Gasteiger charge is -2.11. The second-order valence-electron chi connectivity index (χ2n) is 6.85. The van der Waals surface area contributed by atoms with Gasteiger partial charge in [0.1, 0.15) is 17.3 Å². The number of nitro groups is 1. The number of nitrogens with one attached hydrogen (secondary N) is 1. The molecule has 168 valence electrons. The number of carbonyl (C=O) groups excluding carboxylic acids is 1. The molecule has 0 saturated carbocycles. The Morgan fingerprint density at radius 3 is 2.39 bits per heavy atom. The van der Waals surface area contributed by atoms with Crippen molar-refractivity contribution in [2.75, 3.05) is 19.5 Å². The van der Waals surface area contributed by atoms with E-state index in [0.717, 1.165) is 11.8 Å². The zero-order chi connectivity index (χ0) is 23.8. The minimum atomic E-state index is -0.548. The fourth-order valence-electron chi connectivity index (χ4n) is 3.06. The number of halogens is 1. The number of hydrogen-bond donors (Lipinski definition) is 1. The lowest BCUT2D eigenvalue weighted by atomic mass is 10.0. The van der Waals surface area contributed by atoms with Crippen molar-refractivity contribution >= 4 is 29.8 Å². The third-order valence-corrected chi connectivity index (χ3v) is 4.68. The number of rotatable bonds is 8. The number of anilines is 1. The van der Waals surface area contributed by atoms with Gasteiger partial charge in [0.15, 0.2) is 0 Å². The van der Waals surface area contributed by atoms with Crippen LogP contribution in [0.15, 0.2) is 66.9 Å². The topological polar surface area (TPSA) is 90.7 Å². The van der Waals surface area contributed by atoms with Crippen molar-refractivity contribution < 1.29 is 23.6 Å². The van der Waals surface area contributed by atoms with Crippen LogP contribution in [0.4, 0.5) is 10.1 Å². The van der Waals surface area contributed by atoms with E-state index in [4.69, 9.17) is 9.47 Å². The minimum Gasteiger partial charge on any atom is -0.497 e. The fraction of sp³-hybridized carbons (Fsp3) is 0.0800. The molecule has 0 aromatic heterocycles. The summed E-state index contributed by atoms with van der Waals surface area (Å²) in [6, 6.07) is 15.9. The van der Waals surface area contributed by atoms with Crippen molar-refractivity contribution in [1.29, 1.82) is 0 Å². The maximum Gasteiger partial charge on any atom is 0.255 e. The Hall–Kier alpha value is -4.46. The van der Waals surface area contributed by atoms with Gasteiger partial charge in [-0.25, -0.2) is 4.39 Å². The molecule has 0 radical (unpaired) electrons. The third-order valence-electron chi connectivity index (χ3n) is 4.68. The van der Waals surface area contributed by atoms with Gasteiger partial charge < -0.3 is 14.8 Å². The first-order valence-electron chi connectivity index (χ1n) is 9.82. The summed E-state index contributed by atoms with van der Waals surface area (Å²) in [5.74, 6) is 0.0795. The maximum absolute atomic E-state index is 13.3. The van der Waals surface area contributed by atoms with E-state index < -0.39 is 16.6 Å². The van der Waals surface area contributed by atoms with Crippen LogP contribution in [0.1, 0.15) is 27.0 Å². The third kappa shape index (κ3) is 6.27. The first kappa shape index (κ1) is 23.2. The summed E-state index contributed by atoms with van der Waals surface area (Å²) in [4.78, 5) is 22.5. The Labute approximate surface area is 189 Å². The Morgan fingerprint density at radius 2 is 1.76 bits per heavy atom. The Kier molecular flexibility index (Phi) is 7.54. The zero-order valence-electron chi connectivity index (χ0n) is 17.9. The molecule has 1 amide bonds. The van der Waals surface area contributed by atoms with Gasteiger partial charge in [0, 0.05) is 29.0 Å². The maximum atomic E-state index is 13.3. The van der Waals surface area contributed by atoms with E-state index in [2.05, 4.69) is 5.32 Å². The van der Waals surface area contributed by atoms with Gasteiger partial charge in [0.25, 0.3) is 5.91 Å². The molecule has 0 aliphatic heterocycles. The van der Waals surface area contributed by atoms with Crippen LogP contribution in [0.3, 0.4) is 0 Å². The van der Waals surface area contributed by atoms with Crippen LogP contribution in [0.25, 0.3) is 18.2 Å². The summed E-state index contributed by atoms with van der Waals surface area (Å²) in [5.41, 5.74) is 2.79. The summed E-state index contributed by atoms with van der Waals surface area (Å²) in [7, 11) is 2.99. The molecule has 0 heterocycles. The van der Waals surface area contributed by atoms with Crippen LogP contribution in [-0.4, -0.2) is 25.1 Å².